The fraction of sp³-hybridized carbons (Fsp3) is 0.444. The van der Waals surface area contributed by atoms with Gasteiger partial charge in [0.2, 0.25) is 10.0 Å². The molecule has 1 aromatic heterocycles. The summed E-state index contributed by atoms with van der Waals surface area (Å²) in [6.07, 6.45) is 3.18. The molecule has 0 bridgehead atoms. The van der Waals surface area contributed by atoms with Gasteiger partial charge in [-0.2, -0.15) is 0 Å². The summed E-state index contributed by atoms with van der Waals surface area (Å²) in [4.78, 5) is 8.81. The first kappa shape index (κ1) is 18.8. The summed E-state index contributed by atoms with van der Waals surface area (Å²) in [6, 6.07) is 8.75. The molecule has 1 unspecified atom stereocenters. The van der Waals surface area contributed by atoms with E-state index in [0.29, 0.717) is 32.0 Å². The van der Waals surface area contributed by atoms with E-state index in [1.54, 1.807) is 30.6 Å². The molecule has 1 saturated heterocycles. The maximum Gasteiger partial charge on any atom is 0.240 e. The molecule has 26 heavy (non-hydrogen) atoms. The fourth-order valence-corrected chi connectivity index (χ4v) is 3.85. The first-order valence-corrected chi connectivity index (χ1v) is 10.2. The molecule has 2 heterocycles. The molecule has 0 radical (unpaired) electrons. The Morgan fingerprint density at radius 2 is 2.00 bits per heavy atom. The van der Waals surface area contributed by atoms with Gasteiger partial charge in [0, 0.05) is 31.7 Å². The van der Waals surface area contributed by atoms with Gasteiger partial charge in [0.05, 0.1) is 17.2 Å². The minimum Gasteiger partial charge on any atom is -0.381 e. The lowest BCUT2D eigenvalue weighted by Crippen LogP contribution is -2.26. The van der Waals surface area contributed by atoms with Crippen molar-refractivity contribution in [3.05, 3.63) is 47.9 Å². The summed E-state index contributed by atoms with van der Waals surface area (Å²) >= 11 is 0. The van der Waals surface area contributed by atoms with E-state index in [9.17, 15) is 8.42 Å². The summed E-state index contributed by atoms with van der Waals surface area (Å²) < 4.78 is 32.4. The Morgan fingerprint density at radius 1 is 1.19 bits per heavy atom. The van der Waals surface area contributed by atoms with Crippen LogP contribution < -0.4 is 10.0 Å². The van der Waals surface area contributed by atoms with Gasteiger partial charge in [-0.3, -0.25) is 0 Å². The number of nitrogens with one attached hydrogen (secondary N) is 2. The Kier molecular flexibility index (Phi) is 6.18. The number of aryl methyl sites for hydroxylation is 1. The average molecular weight is 376 g/mol. The first-order chi connectivity index (χ1) is 12.5. The van der Waals surface area contributed by atoms with Gasteiger partial charge < -0.3 is 10.1 Å². The zero-order chi connectivity index (χ0) is 18.4. The number of aromatic nitrogens is 2. The lowest BCUT2D eigenvalue weighted by molar-refractivity contribution is 0.193. The van der Waals surface area contributed by atoms with Crippen LogP contribution >= 0.6 is 0 Å². The number of benzene rings is 1. The summed E-state index contributed by atoms with van der Waals surface area (Å²) in [5.74, 6) is 1.09. The maximum atomic E-state index is 12.2. The van der Waals surface area contributed by atoms with Gasteiger partial charge in [0.1, 0.15) is 12.1 Å². The number of hydrogen-bond acceptors (Lipinski definition) is 6. The molecule has 0 aliphatic carbocycles. The van der Waals surface area contributed by atoms with Crippen molar-refractivity contribution in [2.75, 3.05) is 31.6 Å². The molecular formula is C18H24N4O3S. The second-order valence-electron chi connectivity index (χ2n) is 6.38. The number of anilines is 1. The Morgan fingerprint density at radius 3 is 2.73 bits per heavy atom. The summed E-state index contributed by atoms with van der Waals surface area (Å²) in [6.45, 7) is 4.38. The minimum atomic E-state index is -3.46. The number of ether oxygens (including phenoxy) is 1. The Labute approximate surface area is 154 Å². The van der Waals surface area contributed by atoms with Crippen molar-refractivity contribution in [3.8, 4) is 0 Å². The highest BCUT2D eigenvalue weighted by molar-refractivity contribution is 7.89. The van der Waals surface area contributed by atoms with Crippen molar-refractivity contribution in [2.24, 2.45) is 0 Å². The van der Waals surface area contributed by atoms with E-state index >= 15 is 0 Å². The largest absolute Gasteiger partial charge is 0.381 e. The quantitative estimate of drug-likeness (QED) is 0.685. The van der Waals surface area contributed by atoms with Crippen molar-refractivity contribution in [1.29, 1.82) is 0 Å². The van der Waals surface area contributed by atoms with Gasteiger partial charge in [0.15, 0.2) is 0 Å². The first-order valence-electron chi connectivity index (χ1n) is 8.74. The molecule has 0 saturated carbocycles. The van der Waals surface area contributed by atoms with Crippen molar-refractivity contribution in [2.45, 2.75) is 30.6 Å². The van der Waals surface area contributed by atoms with Gasteiger partial charge in [0.25, 0.3) is 0 Å². The predicted molar refractivity (Wildman–Crippen MR) is 99.7 cm³/mol. The molecule has 1 aliphatic rings. The van der Waals surface area contributed by atoms with Crippen LogP contribution in [0, 0.1) is 6.92 Å². The number of hydrogen-bond donors (Lipinski definition) is 2. The van der Waals surface area contributed by atoms with E-state index in [2.05, 4.69) is 20.0 Å². The SMILES string of the molecule is Cc1ccc(S(=O)(=O)NCCCNc2cc(C3CCOC3)ncn2)cc1. The Balaban J connectivity index is 1.44. The lowest BCUT2D eigenvalue weighted by atomic mass is 10.1. The highest BCUT2D eigenvalue weighted by Crippen LogP contribution is 2.24. The number of sulfonamides is 1. The third-order valence-corrected chi connectivity index (χ3v) is 5.80. The zero-order valence-corrected chi connectivity index (χ0v) is 15.6. The standard InChI is InChI=1S/C18H24N4O3S/c1-14-3-5-16(6-4-14)26(23,24)22-9-2-8-19-18-11-17(20-13-21-18)15-7-10-25-12-15/h3-6,11,13,15,22H,2,7-10,12H2,1H3,(H,19,20,21). The van der Waals surface area contributed by atoms with E-state index in [1.165, 1.54) is 0 Å². The molecule has 7 nitrogen and oxygen atoms in total. The molecule has 140 valence electrons. The molecule has 0 spiro atoms. The molecule has 3 rings (SSSR count). The zero-order valence-electron chi connectivity index (χ0n) is 14.8. The molecule has 2 aromatic rings. The van der Waals surface area contributed by atoms with E-state index in [0.717, 1.165) is 30.1 Å². The molecule has 8 heteroatoms. The maximum absolute atomic E-state index is 12.2. The monoisotopic (exact) mass is 376 g/mol. The van der Waals surface area contributed by atoms with Crippen LogP contribution in [-0.2, 0) is 14.8 Å². The minimum absolute atomic E-state index is 0.287. The van der Waals surface area contributed by atoms with Crippen LogP contribution in [0.5, 0.6) is 0 Å². The van der Waals surface area contributed by atoms with E-state index in [-0.39, 0.29) is 4.90 Å². The third-order valence-electron chi connectivity index (χ3n) is 4.32. The van der Waals surface area contributed by atoms with E-state index in [4.69, 9.17) is 4.74 Å². The van der Waals surface area contributed by atoms with Gasteiger partial charge in [-0.25, -0.2) is 23.1 Å². The van der Waals surface area contributed by atoms with Gasteiger partial charge in [-0.05, 0) is 31.9 Å². The number of nitrogens with zero attached hydrogens (tertiary/aromatic N) is 2. The molecule has 1 atom stereocenters. The van der Waals surface area contributed by atoms with Crippen LogP contribution in [0.25, 0.3) is 0 Å². The second kappa shape index (κ2) is 8.57. The Bertz CT molecular complexity index is 819. The topological polar surface area (TPSA) is 93.2 Å². The van der Waals surface area contributed by atoms with Crippen LogP contribution in [0.2, 0.25) is 0 Å². The second-order valence-corrected chi connectivity index (χ2v) is 8.15. The predicted octanol–water partition coefficient (Wildman–Crippen LogP) is 2.07. The third kappa shape index (κ3) is 5.00. The van der Waals surface area contributed by atoms with Gasteiger partial charge >= 0.3 is 0 Å². The van der Waals surface area contributed by atoms with Gasteiger partial charge in [-0.15, -0.1) is 0 Å². The lowest BCUT2D eigenvalue weighted by Gasteiger charge is -2.10. The molecule has 0 amide bonds. The molecule has 1 aliphatic heterocycles. The van der Waals surface area contributed by atoms with Crippen LogP contribution in [0.4, 0.5) is 5.82 Å². The molecular weight excluding hydrogens is 352 g/mol. The molecule has 1 aromatic carbocycles. The average Bonchev–Trinajstić information content (AvgIpc) is 3.17. The van der Waals surface area contributed by atoms with Crippen LogP contribution in [-0.4, -0.2) is 44.7 Å². The van der Waals surface area contributed by atoms with Crippen LogP contribution in [0.3, 0.4) is 0 Å². The van der Waals surface area contributed by atoms with Gasteiger partial charge in [-0.1, -0.05) is 17.7 Å². The van der Waals surface area contributed by atoms with Crippen LogP contribution in [0.1, 0.15) is 30.0 Å². The van der Waals surface area contributed by atoms with Crippen molar-refractivity contribution in [3.63, 3.8) is 0 Å². The summed E-state index contributed by atoms with van der Waals surface area (Å²) in [5, 5.41) is 3.22. The van der Waals surface area contributed by atoms with E-state index < -0.39 is 10.0 Å². The smallest absolute Gasteiger partial charge is 0.240 e. The highest BCUT2D eigenvalue weighted by atomic mass is 32.2. The van der Waals surface area contributed by atoms with Crippen LogP contribution in [0.15, 0.2) is 41.6 Å². The molecule has 2 N–H and O–H groups in total. The molecule has 1 fully saturated rings. The van der Waals surface area contributed by atoms with Crippen molar-refractivity contribution >= 4 is 15.8 Å². The summed E-state index contributed by atoms with van der Waals surface area (Å²) in [5.41, 5.74) is 2.02. The number of rotatable bonds is 8. The Hall–Kier alpha value is -2.03. The van der Waals surface area contributed by atoms with E-state index in [1.807, 2.05) is 13.0 Å². The van der Waals surface area contributed by atoms with Crippen molar-refractivity contribution in [1.82, 2.24) is 14.7 Å². The fourth-order valence-electron chi connectivity index (χ4n) is 2.77. The summed E-state index contributed by atoms with van der Waals surface area (Å²) in [7, 11) is -3.46. The highest BCUT2D eigenvalue weighted by Gasteiger charge is 2.19. The normalized spacial score (nSPS) is 17.3. The van der Waals surface area contributed by atoms with Crippen molar-refractivity contribution < 1.29 is 13.2 Å².